The van der Waals surface area contributed by atoms with E-state index in [0.29, 0.717) is 24.7 Å². The molecular weight excluding hydrogens is 526 g/mol. The van der Waals surface area contributed by atoms with E-state index in [-0.39, 0.29) is 34.8 Å². The number of nitrogens with one attached hydrogen (secondary N) is 1. The van der Waals surface area contributed by atoms with Crippen LogP contribution in [0.15, 0.2) is 48.5 Å². The van der Waals surface area contributed by atoms with Gasteiger partial charge in [-0.3, -0.25) is 14.5 Å². The number of anilines is 1. The zero-order valence-corrected chi connectivity index (χ0v) is 25.2. The first kappa shape index (κ1) is 29.5. The van der Waals surface area contributed by atoms with Crippen molar-refractivity contribution in [2.45, 2.75) is 31.4 Å². The molecule has 0 spiro atoms. The van der Waals surface area contributed by atoms with Crippen molar-refractivity contribution in [3.05, 3.63) is 65.4 Å². The van der Waals surface area contributed by atoms with E-state index in [1.165, 1.54) is 11.8 Å². The predicted molar refractivity (Wildman–Crippen MR) is 160 cm³/mol. The topological polar surface area (TPSA) is 88.9 Å². The van der Waals surface area contributed by atoms with Crippen LogP contribution in [-0.4, -0.2) is 80.2 Å². The summed E-state index contributed by atoms with van der Waals surface area (Å²) in [6.07, 6.45) is 0. The second-order valence-electron chi connectivity index (χ2n) is 11.0. The minimum Gasteiger partial charge on any atom is -0.497 e. The van der Waals surface area contributed by atoms with Gasteiger partial charge in [-0.15, -0.1) is 11.8 Å². The Bertz CT molecular complexity index is 1350. The number of carbonyl (C=O) groups excluding carboxylic acids is 2. The second-order valence-corrected chi connectivity index (χ2v) is 12.1. The summed E-state index contributed by atoms with van der Waals surface area (Å²) in [7, 11) is 7.18. The van der Waals surface area contributed by atoms with Gasteiger partial charge < -0.3 is 19.7 Å². The van der Waals surface area contributed by atoms with Crippen LogP contribution in [-0.2, 0) is 15.0 Å². The highest BCUT2D eigenvalue weighted by atomic mass is 32.2. The van der Waals surface area contributed by atoms with Crippen LogP contribution in [0.2, 0.25) is 0 Å². The van der Waals surface area contributed by atoms with Crippen molar-refractivity contribution >= 4 is 29.4 Å². The van der Waals surface area contributed by atoms with Crippen LogP contribution in [0.4, 0.5) is 5.82 Å². The third-order valence-electron chi connectivity index (χ3n) is 6.72. The number of aromatic nitrogens is 2. The van der Waals surface area contributed by atoms with Gasteiger partial charge in [0, 0.05) is 29.6 Å². The zero-order valence-electron chi connectivity index (χ0n) is 24.4. The fraction of sp³-hybridized carbons (Fsp3) is 0.433. The molecule has 1 aliphatic rings. The number of amides is 2. The van der Waals surface area contributed by atoms with Crippen molar-refractivity contribution in [1.82, 2.24) is 20.0 Å². The first-order valence-corrected chi connectivity index (χ1v) is 14.3. The number of hydrogen-bond donors (Lipinski definition) is 1. The molecule has 0 aliphatic carbocycles. The van der Waals surface area contributed by atoms with E-state index in [4.69, 9.17) is 14.6 Å². The molecule has 0 radical (unpaired) electrons. The van der Waals surface area contributed by atoms with Gasteiger partial charge in [-0.25, -0.2) is 4.68 Å². The standard InChI is InChI=1S/C30H39N5O4S/c1-30(2,3)28-26-27(22-10-8-9-11-23(22)39-7)40-19-25(37)34(18-24(36)31-16-17-33(4)5)29(26)35(32-28)20-12-14-21(38-6)15-13-20/h8-15,27H,16-19H2,1-7H3,(H,31,36). The number of likely N-dealkylation sites (N-methyl/N-ethyl adjacent to an activating group) is 1. The van der Waals surface area contributed by atoms with Gasteiger partial charge in [0.25, 0.3) is 0 Å². The molecular formula is C30H39N5O4S. The van der Waals surface area contributed by atoms with Crippen molar-refractivity contribution in [3.63, 3.8) is 0 Å². The number of thioether (sulfide) groups is 1. The summed E-state index contributed by atoms with van der Waals surface area (Å²) in [6.45, 7) is 7.43. The van der Waals surface area contributed by atoms with Crippen molar-refractivity contribution in [3.8, 4) is 17.2 Å². The first-order valence-electron chi connectivity index (χ1n) is 13.3. The normalized spacial score (nSPS) is 15.6. The third kappa shape index (κ3) is 6.28. The molecule has 214 valence electrons. The molecule has 1 aromatic heterocycles. The quantitative estimate of drug-likeness (QED) is 0.419. The second kappa shape index (κ2) is 12.3. The Morgan fingerprint density at radius 3 is 2.42 bits per heavy atom. The molecule has 2 amide bonds. The van der Waals surface area contributed by atoms with E-state index in [1.807, 2.05) is 67.5 Å². The molecule has 10 heteroatoms. The summed E-state index contributed by atoms with van der Waals surface area (Å²) in [5.74, 6) is 1.89. The number of carbonyl (C=O) groups is 2. The van der Waals surface area contributed by atoms with E-state index in [1.54, 1.807) is 23.8 Å². The third-order valence-corrected chi connectivity index (χ3v) is 7.96. The van der Waals surface area contributed by atoms with E-state index in [0.717, 1.165) is 28.3 Å². The summed E-state index contributed by atoms with van der Waals surface area (Å²) in [5, 5.41) is 7.85. The van der Waals surface area contributed by atoms with Crippen LogP contribution in [0.5, 0.6) is 11.5 Å². The van der Waals surface area contributed by atoms with Crippen LogP contribution in [0.1, 0.15) is 42.8 Å². The maximum absolute atomic E-state index is 13.8. The Balaban J connectivity index is 1.94. The molecule has 2 heterocycles. The largest absolute Gasteiger partial charge is 0.497 e. The Morgan fingerprint density at radius 2 is 1.80 bits per heavy atom. The zero-order chi connectivity index (χ0) is 29.0. The molecule has 1 aliphatic heterocycles. The lowest BCUT2D eigenvalue weighted by Crippen LogP contribution is -2.43. The molecule has 0 bridgehead atoms. The Hall–Kier alpha value is -3.50. The minimum absolute atomic E-state index is 0.107. The first-order chi connectivity index (χ1) is 19.0. The van der Waals surface area contributed by atoms with Crippen molar-refractivity contribution < 1.29 is 19.1 Å². The number of nitrogens with zero attached hydrogens (tertiary/aromatic N) is 4. The number of benzene rings is 2. The van der Waals surface area contributed by atoms with Gasteiger partial charge in [0.1, 0.15) is 23.9 Å². The number of methoxy groups -OCH3 is 2. The molecule has 1 N–H and O–H groups in total. The molecule has 1 unspecified atom stereocenters. The molecule has 40 heavy (non-hydrogen) atoms. The van der Waals surface area contributed by atoms with E-state index in [9.17, 15) is 9.59 Å². The summed E-state index contributed by atoms with van der Waals surface area (Å²) in [5.41, 5.74) is 3.14. The summed E-state index contributed by atoms with van der Waals surface area (Å²) < 4.78 is 12.9. The molecule has 0 fully saturated rings. The lowest BCUT2D eigenvalue weighted by atomic mass is 9.87. The van der Waals surface area contributed by atoms with Crippen LogP contribution in [0.3, 0.4) is 0 Å². The highest BCUT2D eigenvalue weighted by Gasteiger charge is 2.40. The van der Waals surface area contributed by atoms with Gasteiger partial charge in [0.05, 0.1) is 36.6 Å². The van der Waals surface area contributed by atoms with Crippen molar-refractivity contribution in [2.75, 3.05) is 58.6 Å². The summed E-state index contributed by atoms with van der Waals surface area (Å²) in [4.78, 5) is 30.5. The monoisotopic (exact) mass is 565 g/mol. The molecule has 0 saturated heterocycles. The van der Waals surface area contributed by atoms with Crippen LogP contribution in [0, 0.1) is 0 Å². The van der Waals surface area contributed by atoms with Gasteiger partial charge in [-0.05, 0) is 44.4 Å². The Kier molecular flexibility index (Phi) is 9.10. The minimum atomic E-state index is -0.352. The number of fused-ring (bicyclic) bond motifs is 1. The number of rotatable bonds is 9. The summed E-state index contributed by atoms with van der Waals surface area (Å²) >= 11 is 1.53. The predicted octanol–water partition coefficient (Wildman–Crippen LogP) is 4.03. The SMILES string of the molecule is COc1ccc(-n2nc(C(C)(C)C)c3c2N(CC(=O)NCCN(C)C)C(=O)CSC3c2ccccc2OC)cc1. The van der Waals surface area contributed by atoms with Gasteiger partial charge in [-0.2, -0.15) is 5.10 Å². The average Bonchev–Trinajstić information content (AvgIpc) is 3.26. The number of hydrogen-bond acceptors (Lipinski definition) is 7. The molecule has 3 aromatic rings. The maximum atomic E-state index is 13.8. The average molecular weight is 566 g/mol. The lowest BCUT2D eigenvalue weighted by molar-refractivity contribution is -0.122. The van der Waals surface area contributed by atoms with E-state index in [2.05, 4.69) is 26.1 Å². The highest BCUT2D eigenvalue weighted by molar-refractivity contribution is 8.00. The molecule has 4 rings (SSSR count). The van der Waals surface area contributed by atoms with Gasteiger partial charge in [0.15, 0.2) is 0 Å². The molecule has 1 atom stereocenters. The fourth-order valence-corrected chi connectivity index (χ4v) is 5.95. The molecule has 9 nitrogen and oxygen atoms in total. The van der Waals surface area contributed by atoms with E-state index < -0.39 is 0 Å². The van der Waals surface area contributed by atoms with Gasteiger partial charge in [-0.1, -0.05) is 39.0 Å². The van der Waals surface area contributed by atoms with Crippen LogP contribution in [0.25, 0.3) is 5.69 Å². The van der Waals surface area contributed by atoms with Gasteiger partial charge >= 0.3 is 0 Å². The highest BCUT2D eigenvalue weighted by Crippen LogP contribution is 2.50. The van der Waals surface area contributed by atoms with E-state index >= 15 is 0 Å². The number of para-hydroxylation sites is 1. The maximum Gasteiger partial charge on any atom is 0.240 e. The molecule has 2 aromatic carbocycles. The van der Waals surface area contributed by atoms with Crippen LogP contribution < -0.4 is 19.7 Å². The van der Waals surface area contributed by atoms with Crippen molar-refractivity contribution in [1.29, 1.82) is 0 Å². The van der Waals surface area contributed by atoms with Crippen molar-refractivity contribution in [2.24, 2.45) is 0 Å². The smallest absolute Gasteiger partial charge is 0.240 e. The Labute approximate surface area is 240 Å². The lowest BCUT2D eigenvalue weighted by Gasteiger charge is -2.25. The van der Waals surface area contributed by atoms with Gasteiger partial charge in [0.2, 0.25) is 11.8 Å². The molecule has 0 saturated carbocycles. The Morgan fingerprint density at radius 1 is 1.10 bits per heavy atom. The summed E-state index contributed by atoms with van der Waals surface area (Å²) in [6, 6.07) is 15.4. The van der Waals surface area contributed by atoms with Crippen LogP contribution >= 0.6 is 11.8 Å². The number of ether oxygens (including phenoxy) is 2. The fourth-order valence-electron chi connectivity index (χ4n) is 4.72.